The van der Waals surface area contributed by atoms with Gasteiger partial charge in [0.25, 0.3) is 10.0 Å². The summed E-state index contributed by atoms with van der Waals surface area (Å²) < 4.78 is 34.0. The van der Waals surface area contributed by atoms with Crippen LogP contribution < -0.4 is 14.4 Å². The van der Waals surface area contributed by atoms with Crippen LogP contribution in [0.15, 0.2) is 71.6 Å². The molecule has 11 heteroatoms. The monoisotopic (exact) mass is 605 g/mol. The molecule has 40 heavy (non-hydrogen) atoms. The summed E-state index contributed by atoms with van der Waals surface area (Å²) in [5.41, 5.74) is 1.67. The number of carbonyl (C=O) groups is 2. The summed E-state index contributed by atoms with van der Waals surface area (Å²) in [6.07, 6.45) is 0.316. The second kappa shape index (κ2) is 13.9. The molecule has 0 spiro atoms. The van der Waals surface area contributed by atoms with Crippen molar-refractivity contribution in [2.24, 2.45) is 0 Å². The molecule has 0 aliphatic heterocycles. The number of aryl methyl sites for hydroxylation is 1. The fourth-order valence-electron chi connectivity index (χ4n) is 4.18. The minimum Gasteiger partial charge on any atom is -0.497 e. The molecule has 8 nitrogen and oxygen atoms in total. The third kappa shape index (κ3) is 7.27. The Kier molecular flexibility index (Phi) is 10.8. The molecule has 1 N–H and O–H groups in total. The molecule has 2 amide bonds. The van der Waals surface area contributed by atoms with Crippen molar-refractivity contribution in [1.29, 1.82) is 0 Å². The zero-order valence-electron chi connectivity index (χ0n) is 22.9. The van der Waals surface area contributed by atoms with Gasteiger partial charge < -0.3 is 15.0 Å². The number of amides is 2. The molecular formula is C29H33Cl2N3O5S. The molecule has 3 aromatic carbocycles. The lowest BCUT2D eigenvalue weighted by atomic mass is 10.1. The number of benzene rings is 3. The van der Waals surface area contributed by atoms with Gasteiger partial charge in [-0.1, -0.05) is 66.0 Å². The highest BCUT2D eigenvalue weighted by Gasteiger charge is 2.34. The van der Waals surface area contributed by atoms with Crippen molar-refractivity contribution in [3.05, 3.63) is 87.9 Å². The average Bonchev–Trinajstić information content (AvgIpc) is 2.94. The second-order valence-electron chi connectivity index (χ2n) is 9.09. The van der Waals surface area contributed by atoms with Gasteiger partial charge in [-0.15, -0.1) is 0 Å². The van der Waals surface area contributed by atoms with Crippen LogP contribution in [0, 0.1) is 6.92 Å². The van der Waals surface area contributed by atoms with Gasteiger partial charge in [-0.25, -0.2) is 8.42 Å². The summed E-state index contributed by atoms with van der Waals surface area (Å²) >= 11 is 12.7. The Morgan fingerprint density at radius 2 is 1.62 bits per heavy atom. The van der Waals surface area contributed by atoms with Crippen molar-refractivity contribution in [3.8, 4) is 5.75 Å². The maximum Gasteiger partial charge on any atom is 0.264 e. The van der Waals surface area contributed by atoms with Crippen molar-refractivity contribution >= 4 is 50.7 Å². The number of hydrogen-bond donors (Lipinski definition) is 1. The highest BCUT2D eigenvalue weighted by molar-refractivity contribution is 7.92. The van der Waals surface area contributed by atoms with E-state index in [9.17, 15) is 18.0 Å². The average molecular weight is 607 g/mol. The normalized spacial score (nSPS) is 11.9. The van der Waals surface area contributed by atoms with Crippen LogP contribution in [0.2, 0.25) is 10.0 Å². The summed E-state index contributed by atoms with van der Waals surface area (Å²) in [5, 5.41) is 2.90. The zero-order chi connectivity index (χ0) is 29.4. The third-order valence-electron chi connectivity index (χ3n) is 6.34. The van der Waals surface area contributed by atoms with Gasteiger partial charge in [-0.3, -0.25) is 13.9 Å². The number of likely N-dealkylation sites (N-methyl/N-ethyl adjacent to an activating group) is 1. The van der Waals surface area contributed by atoms with Crippen molar-refractivity contribution in [3.63, 3.8) is 0 Å². The molecule has 0 saturated heterocycles. The number of nitrogens with one attached hydrogen (secondary N) is 1. The molecule has 0 radical (unpaired) electrons. The molecule has 0 aliphatic carbocycles. The first-order chi connectivity index (χ1) is 19.0. The fraction of sp³-hybridized carbons (Fsp3) is 0.310. The highest BCUT2D eigenvalue weighted by atomic mass is 35.5. The molecule has 0 unspecified atom stereocenters. The van der Waals surface area contributed by atoms with Gasteiger partial charge in [0.1, 0.15) is 18.3 Å². The summed E-state index contributed by atoms with van der Waals surface area (Å²) in [6, 6.07) is 17.1. The molecule has 0 aliphatic rings. The van der Waals surface area contributed by atoms with Crippen LogP contribution in [0.25, 0.3) is 0 Å². The molecule has 1 atom stereocenters. The number of rotatable bonds is 12. The number of anilines is 1. The number of methoxy groups -OCH3 is 1. The largest absolute Gasteiger partial charge is 0.497 e. The Bertz CT molecular complexity index is 1430. The molecule has 0 fully saturated rings. The van der Waals surface area contributed by atoms with Crippen LogP contribution in [0.1, 0.15) is 31.4 Å². The molecule has 0 heterocycles. The van der Waals surface area contributed by atoms with Crippen LogP contribution in [-0.4, -0.2) is 51.4 Å². The molecule has 0 saturated carbocycles. The number of sulfonamides is 1. The second-order valence-corrected chi connectivity index (χ2v) is 11.7. The van der Waals surface area contributed by atoms with Gasteiger partial charge in [0.15, 0.2) is 0 Å². The lowest BCUT2D eigenvalue weighted by Gasteiger charge is -2.33. The maximum atomic E-state index is 14.0. The SMILES string of the molecule is CCNC(=O)[C@@H](CC)N(Cc1ccc(OC)cc1)C(=O)CN(c1cccc(Cl)c1Cl)S(=O)(=O)c1ccc(C)cc1. The van der Waals surface area contributed by atoms with E-state index >= 15 is 0 Å². The van der Waals surface area contributed by atoms with Crippen LogP contribution in [0.5, 0.6) is 5.75 Å². The van der Waals surface area contributed by atoms with Crippen LogP contribution >= 0.6 is 23.2 Å². The van der Waals surface area contributed by atoms with Crippen molar-refractivity contribution in [1.82, 2.24) is 10.2 Å². The van der Waals surface area contributed by atoms with E-state index in [1.807, 2.05) is 6.92 Å². The summed E-state index contributed by atoms with van der Waals surface area (Å²) in [4.78, 5) is 28.4. The van der Waals surface area contributed by atoms with Crippen molar-refractivity contribution in [2.45, 2.75) is 44.7 Å². The van der Waals surface area contributed by atoms with Gasteiger partial charge in [0.2, 0.25) is 11.8 Å². The van der Waals surface area contributed by atoms with Gasteiger partial charge in [-0.05, 0) is 62.2 Å². The smallest absolute Gasteiger partial charge is 0.264 e. The van der Waals surface area contributed by atoms with Gasteiger partial charge in [0.05, 0.1) is 27.7 Å². The zero-order valence-corrected chi connectivity index (χ0v) is 25.2. The minimum absolute atomic E-state index is 0.00914. The Balaban J connectivity index is 2.09. The first-order valence-corrected chi connectivity index (χ1v) is 15.0. The third-order valence-corrected chi connectivity index (χ3v) is 8.92. The molecule has 3 aromatic rings. The predicted molar refractivity (Wildman–Crippen MR) is 158 cm³/mol. The standard InChI is InChI=1S/C29H33Cl2N3O5S/c1-5-25(29(36)32-6-2)33(18-21-12-14-22(39-4)15-13-21)27(35)19-34(26-9-7-8-24(30)28(26)31)40(37,38)23-16-10-20(3)11-17-23/h7-17,25H,5-6,18-19H2,1-4H3,(H,32,36)/t25-/m1/s1. The quantitative estimate of drug-likeness (QED) is 0.296. The van der Waals surface area contributed by atoms with E-state index in [-0.39, 0.29) is 33.1 Å². The lowest BCUT2D eigenvalue weighted by Crippen LogP contribution is -2.52. The lowest BCUT2D eigenvalue weighted by molar-refractivity contribution is -0.140. The topological polar surface area (TPSA) is 96.0 Å². The number of carbonyl (C=O) groups excluding carboxylic acids is 2. The summed E-state index contributed by atoms with van der Waals surface area (Å²) in [6.45, 7) is 5.27. The minimum atomic E-state index is -4.26. The molecule has 214 valence electrons. The molecule has 0 bridgehead atoms. The first-order valence-electron chi connectivity index (χ1n) is 12.8. The van der Waals surface area contributed by atoms with E-state index in [2.05, 4.69) is 5.32 Å². The van der Waals surface area contributed by atoms with E-state index in [4.69, 9.17) is 27.9 Å². The number of hydrogen-bond acceptors (Lipinski definition) is 5. The number of ether oxygens (including phenoxy) is 1. The van der Waals surface area contributed by atoms with Crippen LogP contribution in [0.3, 0.4) is 0 Å². The number of halogens is 2. The number of nitrogens with zero attached hydrogens (tertiary/aromatic N) is 2. The predicted octanol–water partition coefficient (Wildman–Crippen LogP) is 5.45. The van der Waals surface area contributed by atoms with E-state index in [0.29, 0.717) is 18.7 Å². The van der Waals surface area contributed by atoms with Gasteiger partial charge >= 0.3 is 0 Å². The molecular weight excluding hydrogens is 573 g/mol. The summed E-state index contributed by atoms with van der Waals surface area (Å²) in [5.74, 6) is -0.274. The fourth-order valence-corrected chi connectivity index (χ4v) is 6.05. The molecule has 3 rings (SSSR count). The Hall–Kier alpha value is -3.27. The maximum absolute atomic E-state index is 14.0. The van der Waals surface area contributed by atoms with E-state index in [1.165, 1.54) is 29.2 Å². The van der Waals surface area contributed by atoms with E-state index in [1.54, 1.807) is 63.4 Å². The Morgan fingerprint density at radius 3 is 2.20 bits per heavy atom. The first kappa shape index (κ1) is 31.3. The van der Waals surface area contributed by atoms with Gasteiger partial charge in [0, 0.05) is 13.1 Å². The van der Waals surface area contributed by atoms with Crippen LogP contribution in [0.4, 0.5) is 5.69 Å². The molecule has 0 aromatic heterocycles. The van der Waals surface area contributed by atoms with E-state index < -0.39 is 28.5 Å². The van der Waals surface area contributed by atoms with Crippen molar-refractivity contribution in [2.75, 3.05) is 24.5 Å². The van der Waals surface area contributed by atoms with Crippen molar-refractivity contribution < 1.29 is 22.7 Å². The Labute approximate surface area is 245 Å². The van der Waals surface area contributed by atoms with Gasteiger partial charge in [-0.2, -0.15) is 0 Å². The van der Waals surface area contributed by atoms with Crippen LogP contribution in [-0.2, 0) is 26.2 Å². The highest BCUT2D eigenvalue weighted by Crippen LogP contribution is 2.35. The Morgan fingerprint density at radius 1 is 0.975 bits per heavy atom. The van der Waals surface area contributed by atoms with E-state index in [0.717, 1.165) is 15.4 Å². The summed E-state index contributed by atoms with van der Waals surface area (Å²) in [7, 11) is -2.71.